The van der Waals surface area contributed by atoms with Crippen molar-refractivity contribution >= 4 is 17.3 Å². The Morgan fingerprint density at radius 3 is 2.43 bits per heavy atom. The van der Waals surface area contributed by atoms with E-state index in [1.54, 1.807) is 0 Å². The highest BCUT2D eigenvalue weighted by molar-refractivity contribution is 7.11. The lowest BCUT2D eigenvalue weighted by atomic mass is 10.1. The quantitative estimate of drug-likeness (QED) is 0.836. The van der Waals surface area contributed by atoms with Crippen LogP contribution in [0.25, 0.3) is 0 Å². The normalized spacial score (nSPS) is 10.9. The van der Waals surface area contributed by atoms with Gasteiger partial charge in [-0.2, -0.15) is 0 Å². The minimum atomic E-state index is -0.920. The Morgan fingerprint density at radius 1 is 1.50 bits per heavy atom. The molecule has 1 rings (SSSR count). The Kier molecular flexibility index (Phi) is 3.63. The molecular formula is C10H15NO2S. The van der Waals surface area contributed by atoms with Gasteiger partial charge in [-0.15, -0.1) is 11.3 Å². The molecule has 0 radical (unpaired) electrons. The maximum Gasteiger partial charge on any atom is 0.355 e. The minimum Gasteiger partial charge on any atom is -0.476 e. The summed E-state index contributed by atoms with van der Waals surface area (Å²) in [7, 11) is 0. The van der Waals surface area contributed by atoms with Gasteiger partial charge in [0.2, 0.25) is 0 Å². The predicted molar refractivity (Wildman–Crippen MR) is 57.1 cm³/mol. The Labute approximate surface area is 87.8 Å². The fraction of sp³-hybridized carbons (Fsp3) is 0.600. The van der Waals surface area contributed by atoms with E-state index in [9.17, 15) is 4.79 Å². The van der Waals surface area contributed by atoms with Crippen LogP contribution in [0.4, 0.5) is 0 Å². The Hall–Kier alpha value is -0.900. The summed E-state index contributed by atoms with van der Waals surface area (Å²) < 4.78 is 0. The highest BCUT2D eigenvalue weighted by Crippen LogP contribution is 2.28. The summed E-state index contributed by atoms with van der Waals surface area (Å²) >= 11 is 1.51. The zero-order chi connectivity index (χ0) is 10.7. The summed E-state index contributed by atoms with van der Waals surface area (Å²) in [6.45, 7) is 6.02. The number of aryl methyl sites for hydroxylation is 1. The van der Waals surface area contributed by atoms with E-state index in [1.165, 1.54) is 11.3 Å². The largest absolute Gasteiger partial charge is 0.476 e. The molecule has 0 aromatic carbocycles. The number of thiazole rings is 1. The average Bonchev–Trinajstić information content (AvgIpc) is 2.50. The van der Waals surface area contributed by atoms with Crippen molar-refractivity contribution in [1.82, 2.24) is 4.98 Å². The maximum absolute atomic E-state index is 10.8. The summed E-state index contributed by atoms with van der Waals surface area (Å²) in [6.07, 6.45) is 2.03. The number of carbonyl (C=O) groups is 1. The van der Waals surface area contributed by atoms with Gasteiger partial charge in [0.15, 0.2) is 5.69 Å². The van der Waals surface area contributed by atoms with Gasteiger partial charge in [-0.05, 0) is 19.8 Å². The summed E-state index contributed by atoms with van der Waals surface area (Å²) in [5, 5.41) is 9.81. The van der Waals surface area contributed by atoms with Crippen molar-refractivity contribution in [2.45, 2.75) is 39.5 Å². The monoisotopic (exact) mass is 213 g/mol. The van der Waals surface area contributed by atoms with Crippen molar-refractivity contribution in [2.24, 2.45) is 0 Å². The minimum absolute atomic E-state index is 0.219. The van der Waals surface area contributed by atoms with Crippen LogP contribution in [0.1, 0.15) is 53.0 Å². The molecule has 1 aromatic heterocycles. The van der Waals surface area contributed by atoms with E-state index in [0.29, 0.717) is 5.92 Å². The molecule has 1 aromatic rings. The summed E-state index contributed by atoms with van der Waals surface area (Å²) in [5.41, 5.74) is 0.219. The fourth-order valence-electron chi connectivity index (χ4n) is 1.43. The molecule has 0 amide bonds. The van der Waals surface area contributed by atoms with Gasteiger partial charge in [-0.1, -0.05) is 13.8 Å². The second-order valence-electron chi connectivity index (χ2n) is 3.28. The molecule has 0 saturated carbocycles. The van der Waals surface area contributed by atoms with Crippen LogP contribution in [-0.4, -0.2) is 16.1 Å². The van der Waals surface area contributed by atoms with Crippen molar-refractivity contribution in [3.8, 4) is 0 Å². The molecule has 0 fully saturated rings. The van der Waals surface area contributed by atoms with Crippen molar-refractivity contribution < 1.29 is 9.90 Å². The average molecular weight is 213 g/mol. The molecule has 0 atom stereocenters. The Bertz CT molecular complexity index is 329. The van der Waals surface area contributed by atoms with Crippen LogP contribution in [0.3, 0.4) is 0 Å². The second-order valence-corrected chi connectivity index (χ2v) is 4.51. The van der Waals surface area contributed by atoms with Crippen molar-refractivity contribution in [3.05, 3.63) is 15.6 Å². The van der Waals surface area contributed by atoms with E-state index in [-0.39, 0.29) is 5.69 Å². The summed E-state index contributed by atoms with van der Waals surface area (Å²) in [6, 6.07) is 0. The second kappa shape index (κ2) is 4.55. The first-order valence-electron chi connectivity index (χ1n) is 4.80. The van der Waals surface area contributed by atoms with Crippen LogP contribution in [0.5, 0.6) is 0 Å². The summed E-state index contributed by atoms with van der Waals surface area (Å²) in [4.78, 5) is 15.8. The van der Waals surface area contributed by atoms with Gasteiger partial charge in [-0.3, -0.25) is 0 Å². The fourth-order valence-corrected chi connectivity index (χ4v) is 2.61. The molecule has 14 heavy (non-hydrogen) atoms. The van der Waals surface area contributed by atoms with Crippen molar-refractivity contribution in [3.63, 3.8) is 0 Å². The van der Waals surface area contributed by atoms with Gasteiger partial charge in [-0.25, -0.2) is 9.78 Å². The van der Waals surface area contributed by atoms with Gasteiger partial charge in [0.05, 0.1) is 5.01 Å². The van der Waals surface area contributed by atoms with Gasteiger partial charge in [0, 0.05) is 10.8 Å². The number of rotatable bonds is 4. The molecule has 0 aliphatic carbocycles. The lowest BCUT2D eigenvalue weighted by molar-refractivity contribution is 0.0690. The van der Waals surface area contributed by atoms with Crippen LogP contribution in [0, 0.1) is 6.92 Å². The molecule has 1 N–H and O–H groups in total. The zero-order valence-corrected chi connectivity index (χ0v) is 9.52. The zero-order valence-electron chi connectivity index (χ0n) is 8.70. The van der Waals surface area contributed by atoms with Crippen LogP contribution < -0.4 is 0 Å². The molecule has 0 bridgehead atoms. The lowest BCUT2D eigenvalue weighted by Crippen LogP contribution is -2.00. The Balaban J connectivity index is 3.01. The first-order chi connectivity index (χ1) is 6.60. The van der Waals surface area contributed by atoms with Crippen LogP contribution in [0.2, 0.25) is 0 Å². The Morgan fingerprint density at radius 2 is 2.07 bits per heavy atom. The van der Waals surface area contributed by atoms with E-state index >= 15 is 0 Å². The molecule has 0 spiro atoms. The maximum atomic E-state index is 10.8. The first-order valence-corrected chi connectivity index (χ1v) is 5.62. The molecule has 0 aliphatic rings. The third-order valence-electron chi connectivity index (χ3n) is 2.35. The topological polar surface area (TPSA) is 50.2 Å². The molecule has 78 valence electrons. The molecule has 3 nitrogen and oxygen atoms in total. The van der Waals surface area contributed by atoms with Crippen LogP contribution in [0.15, 0.2) is 0 Å². The van der Waals surface area contributed by atoms with E-state index < -0.39 is 5.97 Å². The SMILES string of the molecule is CCC(CC)c1nc(C(=O)O)c(C)s1. The van der Waals surface area contributed by atoms with Crippen LogP contribution in [-0.2, 0) is 0 Å². The third-order valence-corrected chi connectivity index (χ3v) is 3.48. The molecular weight excluding hydrogens is 198 g/mol. The van der Waals surface area contributed by atoms with Gasteiger partial charge < -0.3 is 5.11 Å². The molecule has 1 heterocycles. The number of aromatic nitrogens is 1. The number of hydrogen-bond donors (Lipinski definition) is 1. The molecule has 0 saturated heterocycles. The van der Waals surface area contributed by atoms with Crippen LogP contribution >= 0.6 is 11.3 Å². The number of carboxylic acid groups (broad SMARTS) is 1. The van der Waals surface area contributed by atoms with E-state index in [2.05, 4.69) is 18.8 Å². The first kappa shape index (κ1) is 11.2. The smallest absolute Gasteiger partial charge is 0.355 e. The third kappa shape index (κ3) is 2.12. The van der Waals surface area contributed by atoms with Crippen molar-refractivity contribution in [2.75, 3.05) is 0 Å². The lowest BCUT2D eigenvalue weighted by Gasteiger charge is -2.06. The number of carboxylic acids is 1. The molecule has 4 heteroatoms. The summed E-state index contributed by atoms with van der Waals surface area (Å²) in [5.74, 6) is -0.511. The van der Waals surface area contributed by atoms with Crippen molar-refractivity contribution in [1.29, 1.82) is 0 Å². The van der Waals surface area contributed by atoms with Gasteiger partial charge in [0.1, 0.15) is 0 Å². The standard InChI is InChI=1S/C10H15NO2S/c1-4-7(5-2)9-11-8(10(12)13)6(3)14-9/h7H,4-5H2,1-3H3,(H,12,13). The van der Waals surface area contributed by atoms with Gasteiger partial charge in [0.25, 0.3) is 0 Å². The van der Waals surface area contributed by atoms with E-state index in [0.717, 1.165) is 22.7 Å². The molecule has 0 aliphatic heterocycles. The predicted octanol–water partition coefficient (Wildman–Crippen LogP) is 3.05. The van der Waals surface area contributed by atoms with E-state index in [1.807, 2.05) is 6.92 Å². The number of nitrogens with zero attached hydrogens (tertiary/aromatic N) is 1. The molecule has 0 unspecified atom stereocenters. The number of hydrogen-bond acceptors (Lipinski definition) is 3. The highest BCUT2D eigenvalue weighted by Gasteiger charge is 2.18. The highest BCUT2D eigenvalue weighted by atomic mass is 32.1. The number of aromatic carboxylic acids is 1. The van der Waals surface area contributed by atoms with Gasteiger partial charge >= 0.3 is 5.97 Å². The van der Waals surface area contributed by atoms with E-state index in [4.69, 9.17) is 5.11 Å².